The van der Waals surface area contributed by atoms with Gasteiger partial charge in [-0.25, -0.2) is 0 Å². The summed E-state index contributed by atoms with van der Waals surface area (Å²) >= 11 is 3.45. The quantitative estimate of drug-likeness (QED) is 0.607. The minimum Gasteiger partial charge on any atom is -0.360 e. The van der Waals surface area contributed by atoms with Crippen molar-refractivity contribution in [1.29, 1.82) is 0 Å². The number of carbonyl (C=O) groups is 1. The van der Waals surface area contributed by atoms with Gasteiger partial charge in [-0.15, -0.1) is 0 Å². The summed E-state index contributed by atoms with van der Waals surface area (Å²) in [6.07, 6.45) is 1.79. The molecule has 0 aliphatic carbocycles. The van der Waals surface area contributed by atoms with Gasteiger partial charge in [0.1, 0.15) is 17.0 Å². The van der Waals surface area contributed by atoms with Gasteiger partial charge >= 0.3 is 0 Å². The zero-order valence-electron chi connectivity index (χ0n) is 14.8. The number of nitrogens with zero attached hydrogens (tertiary/aromatic N) is 1. The molecule has 3 rings (SSSR count). The lowest BCUT2D eigenvalue weighted by Gasteiger charge is -2.14. The van der Waals surface area contributed by atoms with Gasteiger partial charge in [-0.1, -0.05) is 63.6 Å². The minimum atomic E-state index is -0.153. The van der Waals surface area contributed by atoms with Gasteiger partial charge in [0.05, 0.1) is 0 Å². The highest BCUT2D eigenvalue weighted by molar-refractivity contribution is 9.10. The van der Waals surface area contributed by atoms with Crippen LogP contribution in [0.15, 0.2) is 63.6 Å². The van der Waals surface area contributed by atoms with Gasteiger partial charge in [0.2, 0.25) is 0 Å². The summed E-state index contributed by atoms with van der Waals surface area (Å²) in [5, 5.41) is 7.16. The number of carbonyl (C=O) groups excluding carboxylic acids is 1. The van der Waals surface area contributed by atoms with Gasteiger partial charge in [-0.2, -0.15) is 0 Å². The van der Waals surface area contributed by atoms with Gasteiger partial charge in [0.25, 0.3) is 5.91 Å². The van der Waals surface area contributed by atoms with Crippen LogP contribution in [0.2, 0.25) is 0 Å². The van der Waals surface area contributed by atoms with Gasteiger partial charge in [-0.05, 0) is 44.4 Å². The van der Waals surface area contributed by atoms with Crippen molar-refractivity contribution in [3.8, 4) is 11.3 Å². The number of rotatable bonds is 6. The van der Waals surface area contributed by atoms with Gasteiger partial charge in [-0.3, -0.25) is 4.79 Å². The molecular weight excluding hydrogens is 392 g/mol. The topological polar surface area (TPSA) is 55.1 Å². The van der Waals surface area contributed by atoms with E-state index >= 15 is 0 Å². The first-order chi connectivity index (χ1) is 12.5. The molecule has 134 valence electrons. The van der Waals surface area contributed by atoms with Crippen LogP contribution in [0, 0.1) is 6.92 Å². The van der Waals surface area contributed by atoms with Crippen LogP contribution in [0.3, 0.4) is 0 Å². The summed E-state index contributed by atoms with van der Waals surface area (Å²) in [6.45, 7) is 3.78. The number of halogens is 1. The fraction of sp³-hybridized carbons (Fsp3) is 0.238. The molecular formula is C21H21BrN2O2. The average molecular weight is 413 g/mol. The molecule has 0 aliphatic heterocycles. The molecule has 0 spiro atoms. The maximum Gasteiger partial charge on any atom is 0.257 e. The van der Waals surface area contributed by atoms with E-state index in [0.29, 0.717) is 17.0 Å². The Kier molecular flexibility index (Phi) is 5.89. The smallest absolute Gasteiger partial charge is 0.257 e. The summed E-state index contributed by atoms with van der Waals surface area (Å²) in [5.41, 5.74) is 3.18. The Morgan fingerprint density at radius 2 is 1.96 bits per heavy atom. The van der Waals surface area contributed by atoms with Crippen molar-refractivity contribution in [2.24, 2.45) is 0 Å². The van der Waals surface area contributed by atoms with Crippen molar-refractivity contribution in [1.82, 2.24) is 10.5 Å². The SMILES string of the molecule is Cc1onc(-c2cccc(Br)c2)c1C(=O)NC(C)CCc1ccccc1. The molecule has 1 N–H and O–H groups in total. The lowest BCUT2D eigenvalue weighted by atomic mass is 10.0. The lowest BCUT2D eigenvalue weighted by Crippen LogP contribution is -2.33. The van der Waals surface area contributed by atoms with Crippen molar-refractivity contribution >= 4 is 21.8 Å². The first kappa shape index (κ1) is 18.4. The van der Waals surface area contributed by atoms with E-state index in [2.05, 4.69) is 38.5 Å². The number of amides is 1. The van der Waals surface area contributed by atoms with E-state index < -0.39 is 0 Å². The van der Waals surface area contributed by atoms with Crippen molar-refractivity contribution in [3.63, 3.8) is 0 Å². The molecule has 0 bridgehead atoms. The van der Waals surface area contributed by atoms with E-state index in [1.165, 1.54) is 5.56 Å². The number of aryl methyl sites for hydroxylation is 2. The molecule has 1 heterocycles. The van der Waals surface area contributed by atoms with Crippen LogP contribution in [0.25, 0.3) is 11.3 Å². The first-order valence-corrected chi connectivity index (χ1v) is 9.41. The van der Waals surface area contributed by atoms with E-state index in [1.807, 2.05) is 49.4 Å². The Bertz CT molecular complexity index is 890. The normalized spacial score (nSPS) is 12.0. The van der Waals surface area contributed by atoms with Gasteiger partial charge in [0.15, 0.2) is 0 Å². The Labute approximate surface area is 161 Å². The molecule has 0 radical (unpaired) electrons. The number of benzene rings is 2. The Balaban J connectivity index is 1.71. The summed E-state index contributed by atoms with van der Waals surface area (Å²) in [7, 11) is 0. The van der Waals surface area contributed by atoms with E-state index in [0.717, 1.165) is 22.9 Å². The van der Waals surface area contributed by atoms with Crippen LogP contribution < -0.4 is 5.32 Å². The Hall–Kier alpha value is -2.40. The molecule has 4 nitrogen and oxygen atoms in total. The molecule has 0 fully saturated rings. The summed E-state index contributed by atoms with van der Waals surface area (Å²) in [6, 6.07) is 18.0. The van der Waals surface area contributed by atoms with Crippen LogP contribution >= 0.6 is 15.9 Å². The second-order valence-electron chi connectivity index (χ2n) is 6.37. The third kappa shape index (κ3) is 4.41. The maximum atomic E-state index is 12.8. The van der Waals surface area contributed by atoms with Crippen LogP contribution in [-0.4, -0.2) is 17.1 Å². The zero-order valence-corrected chi connectivity index (χ0v) is 16.4. The lowest BCUT2D eigenvalue weighted by molar-refractivity contribution is 0.0937. The summed E-state index contributed by atoms with van der Waals surface area (Å²) < 4.78 is 6.22. The second kappa shape index (κ2) is 8.32. The highest BCUT2D eigenvalue weighted by Gasteiger charge is 2.22. The third-order valence-electron chi connectivity index (χ3n) is 4.27. The van der Waals surface area contributed by atoms with Crippen molar-refractivity contribution in [3.05, 3.63) is 76.0 Å². The van der Waals surface area contributed by atoms with E-state index in [1.54, 1.807) is 6.92 Å². The van der Waals surface area contributed by atoms with Crippen LogP contribution in [0.1, 0.15) is 35.0 Å². The van der Waals surface area contributed by atoms with E-state index in [4.69, 9.17) is 4.52 Å². The van der Waals surface area contributed by atoms with Crippen LogP contribution in [0.4, 0.5) is 0 Å². The maximum absolute atomic E-state index is 12.8. The highest BCUT2D eigenvalue weighted by atomic mass is 79.9. The summed E-state index contributed by atoms with van der Waals surface area (Å²) in [4.78, 5) is 12.8. The number of hydrogen-bond donors (Lipinski definition) is 1. The predicted octanol–water partition coefficient (Wildman–Crippen LogP) is 5.16. The average Bonchev–Trinajstić information content (AvgIpc) is 3.02. The molecule has 0 saturated heterocycles. The Morgan fingerprint density at radius 3 is 2.69 bits per heavy atom. The monoisotopic (exact) mass is 412 g/mol. The van der Waals surface area contributed by atoms with Gasteiger partial charge < -0.3 is 9.84 Å². The highest BCUT2D eigenvalue weighted by Crippen LogP contribution is 2.27. The standard InChI is InChI=1S/C21H21BrN2O2/c1-14(11-12-16-7-4-3-5-8-16)23-21(25)19-15(2)26-24-20(19)17-9-6-10-18(22)13-17/h3-10,13-14H,11-12H2,1-2H3,(H,23,25). The molecule has 2 aromatic carbocycles. The molecule has 3 aromatic rings. The molecule has 1 amide bonds. The molecule has 0 saturated carbocycles. The third-order valence-corrected chi connectivity index (χ3v) is 4.77. The fourth-order valence-corrected chi connectivity index (χ4v) is 3.27. The molecule has 1 aromatic heterocycles. The molecule has 1 atom stereocenters. The molecule has 5 heteroatoms. The number of hydrogen-bond acceptors (Lipinski definition) is 3. The molecule has 26 heavy (non-hydrogen) atoms. The Morgan fingerprint density at radius 1 is 1.19 bits per heavy atom. The zero-order chi connectivity index (χ0) is 18.5. The molecule has 1 unspecified atom stereocenters. The predicted molar refractivity (Wildman–Crippen MR) is 106 cm³/mol. The first-order valence-electron chi connectivity index (χ1n) is 8.61. The second-order valence-corrected chi connectivity index (χ2v) is 7.29. The summed E-state index contributed by atoms with van der Waals surface area (Å²) in [5.74, 6) is 0.368. The van der Waals surface area contributed by atoms with Crippen LogP contribution in [-0.2, 0) is 6.42 Å². The minimum absolute atomic E-state index is 0.0485. The van der Waals surface area contributed by atoms with Crippen LogP contribution in [0.5, 0.6) is 0 Å². The van der Waals surface area contributed by atoms with Crippen molar-refractivity contribution < 1.29 is 9.32 Å². The van der Waals surface area contributed by atoms with E-state index in [9.17, 15) is 4.79 Å². The van der Waals surface area contributed by atoms with Crippen molar-refractivity contribution in [2.45, 2.75) is 32.7 Å². The van der Waals surface area contributed by atoms with E-state index in [-0.39, 0.29) is 11.9 Å². The largest absolute Gasteiger partial charge is 0.360 e. The number of aromatic nitrogens is 1. The van der Waals surface area contributed by atoms with Gasteiger partial charge in [0, 0.05) is 16.1 Å². The van der Waals surface area contributed by atoms with Crippen molar-refractivity contribution in [2.75, 3.05) is 0 Å². The number of nitrogens with one attached hydrogen (secondary N) is 1. The molecule has 0 aliphatic rings. The fourth-order valence-electron chi connectivity index (χ4n) is 2.87.